The van der Waals surface area contributed by atoms with Gasteiger partial charge in [0, 0.05) is 19.0 Å². The van der Waals surface area contributed by atoms with Crippen LogP contribution in [0.3, 0.4) is 0 Å². The van der Waals surface area contributed by atoms with E-state index < -0.39 is 11.6 Å². The Balaban J connectivity index is 1.53. The molecule has 2 aromatic heterocycles. The summed E-state index contributed by atoms with van der Waals surface area (Å²) in [5.74, 6) is 0.485. The Kier molecular flexibility index (Phi) is 6.77. The number of aryl methyl sites for hydroxylation is 2. The van der Waals surface area contributed by atoms with Gasteiger partial charge in [0.2, 0.25) is 0 Å². The topological polar surface area (TPSA) is 55.6 Å². The first-order valence-electron chi connectivity index (χ1n) is 11.3. The van der Waals surface area contributed by atoms with Crippen molar-refractivity contribution in [1.29, 1.82) is 0 Å². The zero-order valence-corrected chi connectivity index (χ0v) is 19.9. The normalized spacial score (nSPS) is 16.3. The van der Waals surface area contributed by atoms with Crippen molar-refractivity contribution in [2.45, 2.75) is 32.2 Å². The summed E-state index contributed by atoms with van der Waals surface area (Å²) in [6.07, 6.45) is 4.67. The van der Waals surface area contributed by atoms with E-state index in [9.17, 15) is 8.78 Å². The van der Waals surface area contributed by atoms with Crippen LogP contribution in [0.4, 0.5) is 8.78 Å². The van der Waals surface area contributed by atoms with Crippen molar-refractivity contribution in [3.8, 4) is 11.4 Å². The molecule has 0 radical (unpaired) electrons. The minimum Gasteiger partial charge on any atom is -0.316 e. The van der Waals surface area contributed by atoms with E-state index in [0.29, 0.717) is 69.3 Å². The van der Waals surface area contributed by atoms with E-state index in [1.165, 1.54) is 12.1 Å². The van der Waals surface area contributed by atoms with E-state index in [2.05, 4.69) is 14.9 Å². The highest BCUT2D eigenvalue weighted by atomic mass is 35.5. The van der Waals surface area contributed by atoms with Gasteiger partial charge in [-0.1, -0.05) is 35.3 Å². The predicted molar refractivity (Wildman–Crippen MR) is 130 cm³/mol. The predicted octanol–water partition coefficient (Wildman–Crippen LogP) is 5.86. The van der Waals surface area contributed by atoms with E-state index >= 15 is 0 Å². The van der Waals surface area contributed by atoms with Crippen LogP contribution >= 0.6 is 23.2 Å². The zero-order chi connectivity index (χ0) is 23.7. The van der Waals surface area contributed by atoms with Crippen molar-refractivity contribution in [3.05, 3.63) is 75.7 Å². The second-order valence-electron chi connectivity index (χ2n) is 8.59. The van der Waals surface area contributed by atoms with Gasteiger partial charge in [0.15, 0.2) is 5.65 Å². The van der Waals surface area contributed by atoms with Crippen LogP contribution in [0.2, 0.25) is 10.0 Å². The van der Waals surface area contributed by atoms with Crippen LogP contribution in [0.25, 0.3) is 22.6 Å². The van der Waals surface area contributed by atoms with E-state index in [1.54, 1.807) is 24.4 Å². The first kappa shape index (κ1) is 23.1. The molecule has 0 saturated carbocycles. The second kappa shape index (κ2) is 9.94. The van der Waals surface area contributed by atoms with Gasteiger partial charge in [0.05, 0.1) is 21.8 Å². The Morgan fingerprint density at radius 1 is 1.06 bits per heavy atom. The number of fused-ring (bicyclic) bond motifs is 1. The quantitative estimate of drug-likeness (QED) is 0.359. The van der Waals surface area contributed by atoms with E-state index in [0.717, 1.165) is 32.0 Å². The molecule has 5 nitrogen and oxygen atoms in total. The fourth-order valence-electron chi connectivity index (χ4n) is 4.46. The number of aromatic nitrogens is 4. The minimum atomic E-state index is -0.592. The number of hydrogen-bond acceptors (Lipinski definition) is 4. The Morgan fingerprint density at radius 2 is 1.88 bits per heavy atom. The summed E-state index contributed by atoms with van der Waals surface area (Å²) in [4.78, 5) is 14.0. The standard InChI is InChI=1S/C25H23Cl2F2N5/c26-18-4-1-5-19(27)23(18)25-32-21-13-31-22(9-7-16-6-8-17(28)11-20(16)29)33-24(21)34(25)14-15-3-2-10-30-12-15/h1,4-6,8,11,13,15,30H,2-3,7,9-10,12,14H2/t15-/m1/s1. The van der Waals surface area contributed by atoms with Crippen LogP contribution in [0.5, 0.6) is 0 Å². The van der Waals surface area contributed by atoms with Crippen LogP contribution in [-0.4, -0.2) is 32.6 Å². The lowest BCUT2D eigenvalue weighted by Gasteiger charge is -2.24. The number of rotatable bonds is 6. The molecular formula is C25H23Cl2F2N5. The number of hydrogen-bond donors (Lipinski definition) is 1. The summed E-state index contributed by atoms with van der Waals surface area (Å²) in [5.41, 5.74) is 2.44. The Bertz CT molecular complexity index is 1310. The number of nitrogens with one attached hydrogen (secondary N) is 1. The van der Waals surface area contributed by atoms with Crippen molar-refractivity contribution in [2.75, 3.05) is 13.1 Å². The zero-order valence-electron chi connectivity index (χ0n) is 18.4. The summed E-state index contributed by atoms with van der Waals surface area (Å²) >= 11 is 13.1. The van der Waals surface area contributed by atoms with Gasteiger partial charge in [-0.05, 0) is 62.0 Å². The third-order valence-electron chi connectivity index (χ3n) is 6.20. The molecule has 0 bridgehead atoms. The van der Waals surface area contributed by atoms with Crippen LogP contribution in [-0.2, 0) is 19.4 Å². The number of imidazole rings is 1. The number of nitrogens with zero attached hydrogens (tertiary/aromatic N) is 4. The molecule has 1 N–H and O–H groups in total. The maximum Gasteiger partial charge on any atom is 0.164 e. The molecule has 0 spiro atoms. The molecule has 4 aromatic rings. The highest BCUT2D eigenvalue weighted by Crippen LogP contribution is 2.36. The van der Waals surface area contributed by atoms with Crippen LogP contribution in [0.15, 0.2) is 42.6 Å². The first-order chi connectivity index (χ1) is 16.5. The van der Waals surface area contributed by atoms with Crippen LogP contribution in [0, 0.1) is 17.6 Å². The van der Waals surface area contributed by atoms with Crippen LogP contribution < -0.4 is 5.32 Å². The first-order valence-corrected chi connectivity index (χ1v) is 12.1. The SMILES string of the molecule is Fc1ccc(CCc2ncc3nc(-c4c(Cl)cccc4Cl)n(C[C@@H]4CCCNC4)c3n2)c(F)c1. The monoisotopic (exact) mass is 501 g/mol. The third-order valence-corrected chi connectivity index (χ3v) is 6.83. The van der Waals surface area contributed by atoms with Gasteiger partial charge in [-0.3, -0.25) is 0 Å². The molecule has 176 valence electrons. The van der Waals surface area contributed by atoms with Gasteiger partial charge in [0.1, 0.15) is 28.8 Å². The third kappa shape index (κ3) is 4.78. The molecule has 1 atom stereocenters. The lowest BCUT2D eigenvalue weighted by atomic mass is 9.99. The highest BCUT2D eigenvalue weighted by molar-refractivity contribution is 6.39. The second-order valence-corrected chi connectivity index (χ2v) is 9.40. The lowest BCUT2D eigenvalue weighted by Crippen LogP contribution is -2.32. The molecular weight excluding hydrogens is 479 g/mol. The molecule has 34 heavy (non-hydrogen) atoms. The fraction of sp³-hybridized carbons (Fsp3) is 0.320. The molecule has 5 rings (SSSR count). The Labute approximate surface area is 206 Å². The molecule has 0 amide bonds. The molecule has 0 unspecified atom stereocenters. The summed E-state index contributed by atoms with van der Waals surface area (Å²) in [6, 6.07) is 9.01. The van der Waals surface area contributed by atoms with E-state index in [4.69, 9.17) is 33.2 Å². The number of benzene rings is 2. The Hall–Kier alpha value is -2.61. The van der Waals surface area contributed by atoms with Crippen molar-refractivity contribution in [1.82, 2.24) is 24.8 Å². The highest BCUT2D eigenvalue weighted by Gasteiger charge is 2.23. The smallest absolute Gasteiger partial charge is 0.164 e. The van der Waals surface area contributed by atoms with Gasteiger partial charge in [-0.25, -0.2) is 23.7 Å². The van der Waals surface area contributed by atoms with Gasteiger partial charge in [-0.15, -0.1) is 0 Å². The minimum absolute atomic E-state index is 0.363. The van der Waals surface area contributed by atoms with Crippen molar-refractivity contribution >= 4 is 34.4 Å². The maximum absolute atomic E-state index is 14.1. The largest absolute Gasteiger partial charge is 0.316 e. The summed E-state index contributed by atoms with van der Waals surface area (Å²) in [5, 5.41) is 4.49. The maximum atomic E-state index is 14.1. The van der Waals surface area contributed by atoms with Gasteiger partial charge < -0.3 is 9.88 Å². The molecule has 1 fully saturated rings. The average molecular weight is 502 g/mol. The van der Waals surface area contributed by atoms with E-state index in [1.807, 2.05) is 0 Å². The van der Waals surface area contributed by atoms with E-state index in [-0.39, 0.29) is 0 Å². The van der Waals surface area contributed by atoms with Crippen molar-refractivity contribution in [2.24, 2.45) is 5.92 Å². The Morgan fingerprint density at radius 3 is 2.62 bits per heavy atom. The van der Waals surface area contributed by atoms with Crippen molar-refractivity contribution < 1.29 is 8.78 Å². The molecule has 0 aliphatic carbocycles. The molecule has 2 aromatic carbocycles. The van der Waals surface area contributed by atoms with Crippen LogP contribution in [0.1, 0.15) is 24.2 Å². The van der Waals surface area contributed by atoms with Gasteiger partial charge in [0.25, 0.3) is 0 Å². The summed E-state index contributed by atoms with van der Waals surface area (Å²) < 4.78 is 29.4. The summed E-state index contributed by atoms with van der Waals surface area (Å²) in [7, 11) is 0. The average Bonchev–Trinajstić information content (AvgIpc) is 3.16. The fourth-order valence-corrected chi connectivity index (χ4v) is 5.03. The molecule has 1 aliphatic heterocycles. The summed E-state index contributed by atoms with van der Waals surface area (Å²) in [6.45, 7) is 2.65. The number of halogens is 4. The van der Waals surface area contributed by atoms with Crippen molar-refractivity contribution in [3.63, 3.8) is 0 Å². The molecule has 9 heteroatoms. The molecule has 1 saturated heterocycles. The van der Waals surface area contributed by atoms with Gasteiger partial charge in [-0.2, -0.15) is 0 Å². The molecule has 1 aliphatic rings. The number of piperidine rings is 1. The van der Waals surface area contributed by atoms with Gasteiger partial charge >= 0.3 is 0 Å². The lowest BCUT2D eigenvalue weighted by molar-refractivity contribution is 0.341. The molecule has 3 heterocycles.